The third kappa shape index (κ3) is 2.94. The monoisotopic (exact) mass is 323 g/mol. The first-order valence-corrected chi connectivity index (χ1v) is 7.39. The highest BCUT2D eigenvalue weighted by Gasteiger charge is 2.14. The lowest BCUT2D eigenvalue weighted by Crippen LogP contribution is -2.41. The average molecular weight is 323 g/mol. The Bertz CT molecular complexity index is 915. The van der Waals surface area contributed by atoms with Crippen molar-refractivity contribution < 1.29 is 14.3 Å². The number of hydrazine groups is 1. The normalized spacial score (nSPS) is 10.4. The molecule has 2 N–H and O–H groups in total. The number of ether oxygens (including phenoxy) is 1. The van der Waals surface area contributed by atoms with Crippen LogP contribution in [0.2, 0.25) is 0 Å². The Morgan fingerprint density at radius 3 is 2.54 bits per heavy atom. The maximum absolute atomic E-state index is 12.4. The predicted molar refractivity (Wildman–Crippen MR) is 90.8 cm³/mol. The van der Waals surface area contributed by atoms with Crippen molar-refractivity contribution in [3.8, 4) is 5.75 Å². The summed E-state index contributed by atoms with van der Waals surface area (Å²) >= 11 is 0. The summed E-state index contributed by atoms with van der Waals surface area (Å²) in [6.07, 6.45) is 1.73. The van der Waals surface area contributed by atoms with Crippen LogP contribution in [0.1, 0.15) is 20.7 Å². The predicted octanol–water partition coefficient (Wildman–Crippen LogP) is 2.26. The van der Waals surface area contributed by atoms with Gasteiger partial charge in [-0.05, 0) is 24.3 Å². The Morgan fingerprint density at radius 2 is 1.75 bits per heavy atom. The molecule has 0 atom stereocenters. The zero-order valence-electron chi connectivity index (χ0n) is 13.4. The summed E-state index contributed by atoms with van der Waals surface area (Å²) in [5.41, 5.74) is 6.71. The maximum Gasteiger partial charge on any atom is 0.271 e. The molecule has 0 fully saturated rings. The van der Waals surface area contributed by atoms with E-state index >= 15 is 0 Å². The van der Waals surface area contributed by atoms with E-state index in [1.807, 2.05) is 35.9 Å². The summed E-state index contributed by atoms with van der Waals surface area (Å²) in [6.45, 7) is 0. The molecule has 6 nitrogen and oxygen atoms in total. The van der Waals surface area contributed by atoms with Crippen LogP contribution in [0.3, 0.4) is 0 Å². The van der Waals surface area contributed by atoms with Crippen LogP contribution >= 0.6 is 0 Å². The van der Waals surface area contributed by atoms with Gasteiger partial charge in [0.2, 0.25) is 0 Å². The van der Waals surface area contributed by atoms with Gasteiger partial charge in [0.15, 0.2) is 0 Å². The lowest BCUT2D eigenvalue weighted by molar-refractivity contribution is 0.0847. The minimum Gasteiger partial charge on any atom is -0.497 e. The molecule has 0 bridgehead atoms. The zero-order chi connectivity index (χ0) is 17.1. The number of hydrogen-bond acceptors (Lipinski definition) is 3. The fourth-order valence-corrected chi connectivity index (χ4v) is 2.54. The van der Waals surface area contributed by atoms with Crippen LogP contribution in [0.5, 0.6) is 5.75 Å². The fraction of sp³-hybridized carbons (Fsp3) is 0.111. The van der Waals surface area contributed by atoms with Crippen LogP contribution in [0.4, 0.5) is 0 Å². The zero-order valence-corrected chi connectivity index (χ0v) is 13.4. The van der Waals surface area contributed by atoms with E-state index < -0.39 is 5.91 Å². The third-order valence-electron chi connectivity index (χ3n) is 3.76. The van der Waals surface area contributed by atoms with Crippen molar-refractivity contribution >= 4 is 22.7 Å². The van der Waals surface area contributed by atoms with Crippen molar-refractivity contribution in [2.75, 3.05) is 7.11 Å². The van der Waals surface area contributed by atoms with Gasteiger partial charge in [-0.2, -0.15) is 0 Å². The summed E-state index contributed by atoms with van der Waals surface area (Å²) in [7, 11) is 3.40. The molecule has 0 spiro atoms. The topological polar surface area (TPSA) is 72.4 Å². The van der Waals surface area contributed by atoms with Crippen molar-refractivity contribution in [2.24, 2.45) is 7.05 Å². The quantitative estimate of drug-likeness (QED) is 0.726. The Labute approximate surface area is 139 Å². The number of nitrogens with one attached hydrogen (secondary N) is 2. The van der Waals surface area contributed by atoms with Gasteiger partial charge in [-0.1, -0.05) is 24.3 Å². The fourth-order valence-electron chi connectivity index (χ4n) is 2.54. The first-order valence-electron chi connectivity index (χ1n) is 7.39. The Balaban J connectivity index is 1.74. The van der Waals surface area contributed by atoms with E-state index in [1.54, 1.807) is 30.5 Å². The van der Waals surface area contributed by atoms with Crippen LogP contribution < -0.4 is 15.6 Å². The van der Waals surface area contributed by atoms with Crippen molar-refractivity contribution in [2.45, 2.75) is 0 Å². The number of hydrogen-bond donors (Lipinski definition) is 2. The number of amides is 2. The number of carbonyl (C=O) groups excluding carboxylic acids is 2. The number of benzene rings is 2. The van der Waals surface area contributed by atoms with E-state index in [2.05, 4.69) is 10.9 Å². The average Bonchev–Trinajstić information content (AvgIpc) is 2.96. The summed E-state index contributed by atoms with van der Waals surface area (Å²) in [5, 5.41) is 0.827. The molecule has 0 aliphatic rings. The lowest BCUT2D eigenvalue weighted by atomic mass is 10.2. The van der Waals surface area contributed by atoms with Gasteiger partial charge in [0, 0.05) is 29.7 Å². The van der Waals surface area contributed by atoms with Crippen molar-refractivity contribution in [1.29, 1.82) is 0 Å². The minimum atomic E-state index is -0.414. The van der Waals surface area contributed by atoms with E-state index in [4.69, 9.17) is 4.74 Å². The molecule has 6 heteroatoms. The highest BCUT2D eigenvalue weighted by molar-refractivity contribution is 6.08. The second kappa shape index (κ2) is 6.45. The van der Waals surface area contributed by atoms with E-state index in [-0.39, 0.29) is 5.91 Å². The highest BCUT2D eigenvalue weighted by atomic mass is 16.5. The van der Waals surface area contributed by atoms with Crippen LogP contribution in [0.25, 0.3) is 10.9 Å². The van der Waals surface area contributed by atoms with Gasteiger partial charge in [-0.25, -0.2) is 0 Å². The molecule has 3 aromatic rings. The number of nitrogens with zero attached hydrogens (tertiary/aromatic N) is 1. The van der Waals surface area contributed by atoms with E-state index in [0.717, 1.165) is 10.9 Å². The third-order valence-corrected chi connectivity index (χ3v) is 3.76. The first kappa shape index (κ1) is 15.6. The number of para-hydroxylation sites is 1. The van der Waals surface area contributed by atoms with Crippen LogP contribution in [0.15, 0.2) is 54.7 Å². The Hall–Kier alpha value is -3.28. The number of aromatic nitrogens is 1. The smallest absolute Gasteiger partial charge is 0.271 e. The molecule has 0 unspecified atom stereocenters. The molecule has 1 heterocycles. The Morgan fingerprint density at radius 1 is 1.00 bits per heavy atom. The lowest BCUT2D eigenvalue weighted by Gasteiger charge is -2.08. The molecule has 24 heavy (non-hydrogen) atoms. The summed E-state index contributed by atoms with van der Waals surface area (Å²) in [4.78, 5) is 24.5. The van der Waals surface area contributed by atoms with Crippen LogP contribution in [-0.2, 0) is 7.05 Å². The van der Waals surface area contributed by atoms with Crippen LogP contribution in [0, 0.1) is 0 Å². The molecule has 0 saturated carbocycles. The molecular formula is C18H17N3O3. The molecule has 1 aromatic heterocycles. The number of carbonyl (C=O) groups is 2. The maximum atomic E-state index is 12.4. The number of methoxy groups -OCH3 is 1. The van der Waals surface area contributed by atoms with Gasteiger partial charge < -0.3 is 9.30 Å². The van der Waals surface area contributed by atoms with Gasteiger partial charge in [-0.15, -0.1) is 0 Å². The minimum absolute atomic E-state index is 0.372. The van der Waals surface area contributed by atoms with E-state index in [0.29, 0.717) is 16.9 Å². The molecule has 0 radical (unpaired) electrons. The molecule has 0 aliphatic heterocycles. The number of fused-ring (bicyclic) bond motifs is 1. The molecular weight excluding hydrogens is 306 g/mol. The molecule has 3 rings (SSSR count). The summed E-state index contributed by atoms with van der Waals surface area (Å²) in [6, 6.07) is 14.3. The Kier molecular flexibility index (Phi) is 4.20. The second-order valence-electron chi connectivity index (χ2n) is 5.31. The van der Waals surface area contributed by atoms with E-state index in [9.17, 15) is 9.59 Å². The molecule has 0 aliphatic carbocycles. The SMILES string of the molecule is COc1cccc(C(=O)NNC(=O)c2cn(C)c3ccccc23)c1. The van der Waals surface area contributed by atoms with Gasteiger partial charge in [0.1, 0.15) is 5.75 Å². The molecule has 2 aromatic carbocycles. The number of rotatable bonds is 3. The van der Waals surface area contributed by atoms with Crippen molar-refractivity contribution in [3.05, 3.63) is 65.9 Å². The molecule has 122 valence electrons. The van der Waals surface area contributed by atoms with Gasteiger partial charge in [0.25, 0.3) is 11.8 Å². The second-order valence-corrected chi connectivity index (χ2v) is 5.31. The van der Waals surface area contributed by atoms with Gasteiger partial charge in [-0.3, -0.25) is 20.4 Å². The standard InChI is InChI=1S/C18H17N3O3/c1-21-11-15(14-8-3-4-9-16(14)21)18(23)20-19-17(22)12-6-5-7-13(10-12)24-2/h3-11H,1-2H3,(H,19,22)(H,20,23). The summed E-state index contributed by atoms with van der Waals surface area (Å²) in [5.74, 6) is -0.214. The van der Waals surface area contributed by atoms with Crippen LogP contribution in [-0.4, -0.2) is 23.5 Å². The molecule has 2 amide bonds. The van der Waals surface area contributed by atoms with Crippen molar-refractivity contribution in [1.82, 2.24) is 15.4 Å². The highest BCUT2D eigenvalue weighted by Crippen LogP contribution is 2.20. The largest absolute Gasteiger partial charge is 0.497 e. The van der Waals surface area contributed by atoms with Crippen molar-refractivity contribution in [3.63, 3.8) is 0 Å². The number of aryl methyl sites for hydroxylation is 1. The van der Waals surface area contributed by atoms with Gasteiger partial charge in [0.05, 0.1) is 12.7 Å². The van der Waals surface area contributed by atoms with Gasteiger partial charge >= 0.3 is 0 Å². The molecule has 0 saturated heterocycles. The summed E-state index contributed by atoms with van der Waals surface area (Å²) < 4.78 is 6.95. The first-order chi connectivity index (χ1) is 11.6. The van der Waals surface area contributed by atoms with E-state index in [1.165, 1.54) is 7.11 Å².